The molecule has 120 valence electrons. The monoisotopic (exact) mass is 363 g/mol. The largest absolute Gasteiger partial charge is 0.400 e. The Bertz CT molecular complexity index is 682. The average Bonchev–Trinajstić information content (AvgIpc) is 2.85. The molecule has 0 bridgehead atoms. The highest BCUT2D eigenvalue weighted by Gasteiger charge is 2.42. The first-order chi connectivity index (χ1) is 10.4. The van der Waals surface area contributed by atoms with Crippen molar-refractivity contribution < 1.29 is 9.90 Å². The highest BCUT2D eigenvalue weighted by molar-refractivity contribution is 6.68. The zero-order valence-corrected chi connectivity index (χ0v) is 14.0. The molecular formula is C14H16Cl3N3O2. The van der Waals surface area contributed by atoms with E-state index in [2.05, 4.69) is 10.3 Å². The molecule has 0 unspecified atom stereocenters. The van der Waals surface area contributed by atoms with Crippen molar-refractivity contribution >= 4 is 51.6 Å². The highest BCUT2D eigenvalue weighted by Crippen LogP contribution is 2.44. The smallest absolute Gasteiger partial charge is 0.234 e. The normalized spacial score (nSPS) is 21.0. The molecule has 5 nitrogen and oxygen atoms in total. The number of fused-ring (bicyclic) bond motifs is 3. The number of aromatic amines is 1. The lowest BCUT2D eigenvalue weighted by Gasteiger charge is -2.33. The third-order valence-corrected chi connectivity index (χ3v) is 4.24. The fraction of sp³-hybridized carbons (Fsp3) is 0.357. The molecule has 8 heteroatoms. The number of aromatic nitrogens is 1. The molecule has 1 aliphatic rings. The predicted octanol–water partition coefficient (Wildman–Crippen LogP) is 2.19. The van der Waals surface area contributed by atoms with Crippen LogP contribution in [0.3, 0.4) is 0 Å². The molecule has 1 aromatic heterocycles. The van der Waals surface area contributed by atoms with E-state index in [1.165, 1.54) is 0 Å². The number of carbonyl (C=O) groups excluding carboxylic acids is 1. The minimum atomic E-state index is -1.58. The summed E-state index contributed by atoms with van der Waals surface area (Å²) < 4.78 is -1.58. The number of primary amides is 1. The van der Waals surface area contributed by atoms with Crippen LogP contribution in [-0.4, -0.2) is 32.9 Å². The molecule has 0 fully saturated rings. The average molecular weight is 365 g/mol. The Hall–Kier alpha value is -0.980. The number of amides is 1. The molecule has 1 amide bonds. The number of rotatable bonds is 1. The maximum Gasteiger partial charge on any atom is 0.234 e. The highest BCUT2D eigenvalue weighted by atomic mass is 35.6. The lowest BCUT2D eigenvalue weighted by molar-refractivity contribution is -0.120. The number of para-hydroxylation sites is 1. The summed E-state index contributed by atoms with van der Waals surface area (Å²) in [5.74, 6) is -0.458. The second kappa shape index (κ2) is 6.64. The van der Waals surface area contributed by atoms with Crippen LogP contribution in [0.4, 0.5) is 0 Å². The number of nitrogens with one attached hydrogen (secondary N) is 2. The molecule has 22 heavy (non-hydrogen) atoms. The van der Waals surface area contributed by atoms with Crippen LogP contribution in [0.1, 0.15) is 17.3 Å². The number of hydrogen-bond acceptors (Lipinski definition) is 3. The molecule has 2 aromatic rings. The van der Waals surface area contributed by atoms with Crippen molar-refractivity contribution in [3.05, 3.63) is 35.5 Å². The number of H-pyrrole nitrogens is 1. The summed E-state index contributed by atoms with van der Waals surface area (Å²) in [6, 6.07) is 6.62. The number of halogens is 3. The van der Waals surface area contributed by atoms with Gasteiger partial charge in [-0.05, 0) is 18.1 Å². The molecule has 0 radical (unpaired) electrons. The first-order valence-electron chi connectivity index (χ1n) is 6.54. The van der Waals surface area contributed by atoms with Crippen molar-refractivity contribution in [3.8, 4) is 0 Å². The Labute approximate surface area is 142 Å². The zero-order valence-electron chi connectivity index (χ0n) is 11.7. The van der Waals surface area contributed by atoms with Crippen molar-refractivity contribution in [2.75, 3.05) is 7.11 Å². The second-order valence-electron chi connectivity index (χ2n) is 4.86. The summed E-state index contributed by atoms with van der Waals surface area (Å²) in [5.41, 5.74) is 8.12. The van der Waals surface area contributed by atoms with Gasteiger partial charge in [-0.25, -0.2) is 0 Å². The molecule has 1 aromatic carbocycles. The van der Waals surface area contributed by atoms with Gasteiger partial charge in [0.25, 0.3) is 0 Å². The summed E-state index contributed by atoms with van der Waals surface area (Å²) in [7, 11) is 1.00. The van der Waals surface area contributed by atoms with Gasteiger partial charge in [0.15, 0.2) is 0 Å². The van der Waals surface area contributed by atoms with Crippen LogP contribution in [0, 0.1) is 0 Å². The molecule has 0 aliphatic carbocycles. The molecule has 0 saturated carbocycles. The number of nitrogens with two attached hydrogens (primary N) is 1. The van der Waals surface area contributed by atoms with Gasteiger partial charge in [-0.3, -0.25) is 10.1 Å². The quantitative estimate of drug-likeness (QED) is 0.585. The number of carbonyl (C=O) groups is 1. The second-order valence-corrected chi connectivity index (χ2v) is 7.23. The molecule has 3 rings (SSSR count). The summed E-state index contributed by atoms with van der Waals surface area (Å²) in [6.45, 7) is 0. The fourth-order valence-corrected chi connectivity index (χ4v) is 3.19. The number of hydrogen-bond donors (Lipinski definition) is 4. The van der Waals surface area contributed by atoms with Crippen molar-refractivity contribution in [1.82, 2.24) is 10.3 Å². The van der Waals surface area contributed by atoms with Crippen LogP contribution < -0.4 is 11.1 Å². The summed E-state index contributed by atoms with van der Waals surface area (Å²) in [6.07, 6.45) is 0.478. The van der Waals surface area contributed by atoms with Gasteiger partial charge in [0, 0.05) is 23.7 Å². The van der Waals surface area contributed by atoms with Crippen molar-refractivity contribution in [1.29, 1.82) is 0 Å². The van der Waals surface area contributed by atoms with E-state index in [1.807, 2.05) is 24.3 Å². The first kappa shape index (κ1) is 17.4. The van der Waals surface area contributed by atoms with Gasteiger partial charge in [0.1, 0.15) is 0 Å². The number of aliphatic hydroxyl groups excluding tert-OH is 1. The Kier molecular flexibility index (Phi) is 5.25. The van der Waals surface area contributed by atoms with Crippen LogP contribution in [0.15, 0.2) is 24.3 Å². The topological polar surface area (TPSA) is 91.1 Å². The molecule has 1 aliphatic heterocycles. The minimum absolute atomic E-state index is 0.458. The predicted molar refractivity (Wildman–Crippen MR) is 89.3 cm³/mol. The standard InChI is InChI=1S/C13H12Cl3N3O.CH4O/c14-13(15,16)11-10-7(5-9(19-11)12(17)20)6-3-1-2-4-8(6)18-10;1-2/h1-4,9,11,18-19H,5H2,(H2,17,20);2H,1H3/t9-,11+;/m0./s1. The Morgan fingerprint density at radius 1 is 1.32 bits per heavy atom. The van der Waals surface area contributed by atoms with Crippen LogP contribution in [-0.2, 0) is 11.2 Å². The molecule has 2 heterocycles. The van der Waals surface area contributed by atoms with Gasteiger partial charge >= 0.3 is 0 Å². The van der Waals surface area contributed by atoms with Crippen LogP contribution in [0.25, 0.3) is 10.9 Å². The van der Waals surface area contributed by atoms with E-state index in [9.17, 15) is 4.79 Å². The molecular weight excluding hydrogens is 349 g/mol. The lowest BCUT2D eigenvalue weighted by Crippen LogP contribution is -2.50. The van der Waals surface area contributed by atoms with E-state index in [1.54, 1.807) is 0 Å². The maximum absolute atomic E-state index is 11.5. The van der Waals surface area contributed by atoms with Gasteiger partial charge in [0.05, 0.1) is 12.1 Å². The third-order valence-electron chi connectivity index (χ3n) is 3.58. The Balaban J connectivity index is 0.000000847. The van der Waals surface area contributed by atoms with Gasteiger partial charge in [-0.2, -0.15) is 0 Å². The van der Waals surface area contributed by atoms with Crippen molar-refractivity contribution in [3.63, 3.8) is 0 Å². The van der Waals surface area contributed by atoms with Crippen molar-refractivity contribution in [2.24, 2.45) is 5.73 Å². The zero-order chi connectivity index (χ0) is 16.5. The van der Waals surface area contributed by atoms with Gasteiger partial charge in [-0.15, -0.1) is 0 Å². The number of benzene rings is 1. The molecule has 5 N–H and O–H groups in total. The van der Waals surface area contributed by atoms with E-state index in [-0.39, 0.29) is 0 Å². The molecule has 0 saturated heterocycles. The lowest BCUT2D eigenvalue weighted by atomic mass is 9.94. The molecule has 2 atom stereocenters. The van der Waals surface area contributed by atoms with Crippen molar-refractivity contribution in [2.45, 2.75) is 22.3 Å². The van der Waals surface area contributed by atoms with Crippen LogP contribution >= 0.6 is 34.8 Å². The maximum atomic E-state index is 11.5. The van der Waals surface area contributed by atoms with E-state index in [4.69, 9.17) is 45.6 Å². The van der Waals surface area contributed by atoms with E-state index in [0.29, 0.717) is 6.42 Å². The fourth-order valence-electron chi connectivity index (χ4n) is 2.68. The summed E-state index contributed by atoms with van der Waals surface area (Å²) in [5, 5.41) is 11.0. The Morgan fingerprint density at radius 3 is 2.55 bits per heavy atom. The number of aliphatic hydroxyl groups is 1. The SMILES string of the molecule is CO.NC(=O)[C@@H]1Cc2c([nH]c3ccccc23)[C@H](C(Cl)(Cl)Cl)N1. The van der Waals surface area contributed by atoms with E-state index in [0.717, 1.165) is 29.3 Å². The van der Waals surface area contributed by atoms with E-state index >= 15 is 0 Å². The summed E-state index contributed by atoms with van der Waals surface area (Å²) in [4.78, 5) is 14.8. The van der Waals surface area contributed by atoms with Gasteiger partial charge in [-0.1, -0.05) is 53.0 Å². The van der Waals surface area contributed by atoms with Crippen LogP contribution in [0.5, 0.6) is 0 Å². The van der Waals surface area contributed by atoms with Crippen LogP contribution in [0.2, 0.25) is 0 Å². The van der Waals surface area contributed by atoms with Gasteiger partial charge < -0.3 is 15.8 Å². The number of alkyl halides is 3. The Morgan fingerprint density at radius 2 is 1.95 bits per heavy atom. The van der Waals surface area contributed by atoms with Gasteiger partial charge in [0.2, 0.25) is 9.70 Å². The molecule has 0 spiro atoms. The third kappa shape index (κ3) is 3.19. The van der Waals surface area contributed by atoms with E-state index < -0.39 is 21.8 Å². The first-order valence-corrected chi connectivity index (χ1v) is 7.67. The minimum Gasteiger partial charge on any atom is -0.400 e. The summed E-state index contributed by atoms with van der Waals surface area (Å²) >= 11 is 18.1.